The highest BCUT2D eigenvalue weighted by atomic mass is 16.4. The Hall–Kier alpha value is -2.24. The number of amides is 2. The average molecular weight is 236 g/mol. The van der Waals surface area contributed by atoms with Gasteiger partial charge in [0.2, 0.25) is 0 Å². The molecular weight excluding hydrogens is 220 g/mol. The fourth-order valence-electron chi connectivity index (χ4n) is 1.28. The number of hydrogen-bond acceptors (Lipinski definition) is 3. The van der Waals surface area contributed by atoms with Gasteiger partial charge in [-0.25, -0.2) is 4.79 Å². The third kappa shape index (κ3) is 3.37. The van der Waals surface area contributed by atoms with Crippen molar-refractivity contribution in [2.24, 2.45) is 10.9 Å². The van der Waals surface area contributed by atoms with Crippen molar-refractivity contribution in [2.45, 2.75) is 6.04 Å². The van der Waals surface area contributed by atoms with E-state index < -0.39 is 6.04 Å². The summed E-state index contributed by atoms with van der Waals surface area (Å²) in [7, 11) is 3.23. The lowest BCUT2D eigenvalue weighted by Crippen LogP contribution is -2.42. The number of nitrogens with two attached hydrogens (primary N) is 1. The molecule has 92 valence electrons. The minimum Gasteiger partial charge on any atom is -0.409 e. The molecule has 1 aromatic rings. The molecule has 0 aliphatic heterocycles. The van der Waals surface area contributed by atoms with E-state index in [0.29, 0.717) is 0 Å². The molecule has 0 fully saturated rings. The molecule has 0 heterocycles. The Morgan fingerprint density at radius 2 is 2.00 bits per heavy atom. The maximum Gasteiger partial charge on any atom is 0.317 e. The summed E-state index contributed by atoms with van der Waals surface area (Å²) >= 11 is 0. The van der Waals surface area contributed by atoms with E-state index in [-0.39, 0.29) is 11.9 Å². The predicted octanol–water partition coefficient (Wildman–Crippen LogP) is 0.745. The zero-order valence-electron chi connectivity index (χ0n) is 9.79. The van der Waals surface area contributed by atoms with E-state index in [0.717, 1.165) is 5.56 Å². The largest absolute Gasteiger partial charge is 0.409 e. The number of hydrogen-bond donors (Lipinski definition) is 3. The fraction of sp³-hybridized carbons (Fsp3) is 0.273. The molecule has 0 radical (unpaired) electrons. The van der Waals surface area contributed by atoms with E-state index in [9.17, 15) is 4.79 Å². The summed E-state index contributed by atoms with van der Waals surface area (Å²) < 4.78 is 0. The molecule has 2 amide bonds. The molecule has 1 atom stereocenters. The van der Waals surface area contributed by atoms with Crippen LogP contribution in [0.4, 0.5) is 4.79 Å². The van der Waals surface area contributed by atoms with E-state index in [4.69, 9.17) is 10.9 Å². The Bertz CT molecular complexity index is 403. The summed E-state index contributed by atoms with van der Waals surface area (Å²) in [5.41, 5.74) is 6.31. The Balaban J connectivity index is 2.94. The van der Waals surface area contributed by atoms with Gasteiger partial charge in [0.15, 0.2) is 5.84 Å². The lowest BCUT2D eigenvalue weighted by Gasteiger charge is -2.20. The number of carbonyl (C=O) groups is 1. The van der Waals surface area contributed by atoms with E-state index in [1.54, 1.807) is 26.2 Å². The molecule has 0 bridgehead atoms. The summed E-state index contributed by atoms with van der Waals surface area (Å²) in [5.74, 6) is -0.0635. The average Bonchev–Trinajstić information content (AvgIpc) is 2.35. The summed E-state index contributed by atoms with van der Waals surface area (Å²) in [6.45, 7) is 0. The van der Waals surface area contributed by atoms with Crippen molar-refractivity contribution in [3.8, 4) is 0 Å². The standard InChI is InChI=1S/C11H16N4O2/c1-15(2)11(16)13-9(10(12)14-17)8-6-4-3-5-7-8/h3-7,9,17H,1-2H3,(H2,12,14)(H,13,16). The Labute approximate surface area is 99.7 Å². The molecule has 17 heavy (non-hydrogen) atoms. The molecule has 0 aliphatic rings. The molecule has 4 N–H and O–H groups in total. The highest BCUT2D eigenvalue weighted by Crippen LogP contribution is 2.12. The topological polar surface area (TPSA) is 91.0 Å². The summed E-state index contributed by atoms with van der Waals surface area (Å²) in [5, 5.41) is 14.3. The number of nitrogens with zero attached hydrogens (tertiary/aromatic N) is 2. The highest BCUT2D eigenvalue weighted by Gasteiger charge is 2.19. The van der Waals surface area contributed by atoms with Crippen LogP contribution in [0.15, 0.2) is 35.5 Å². The van der Waals surface area contributed by atoms with Crippen molar-refractivity contribution in [3.05, 3.63) is 35.9 Å². The van der Waals surface area contributed by atoms with Crippen LogP contribution in [0.3, 0.4) is 0 Å². The number of amidine groups is 1. The molecule has 0 spiro atoms. The molecule has 6 heteroatoms. The van der Waals surface area contributed by atoms with Crippen molar-refractivity contribution in [3.63, 3.8) is 0 Å². The van der Waals surface area contributed by atoms with Crippen LogP contribution < -0.4 is 11.1 Å². The first-order chi connectivity index (χ1) is 8.06. The van der Waals surface area contributed by atoms with Crippen molar-refractivity contribution < 1.29 is 10.0 Å². The monoisotopic (exact) mass is 236 g/mol. The van der Waals surface area contributed by atoms with Gasteiger partial charge in [-0.1, -0.05) is 35.5 Å². The molecule has 0 saturated heterocycles. The van der Waals surface area contributed by atoms with E-state index >= 15 is 0 Å². The van der Waals surface area contributed by atoms with Gasteiger partial charge >= 0.3 is 6.03 Å². The number of carbonyl (C=O) groups excluding carboxylic acids is 1. The summed E-state index contributed by atoms with van der Waals surface area (Å²) in [6.07, 6.45) is 0. The Morgan fingerprint density at radius 1 is 1.41 bits per heavy atom. The van der Waals surface area contributed by atoms with E-state index in [1.807, 2.05) is 18.2 Å². The zero-order valence-corrected chi connectivity index (χ0v) is 9.79. The van der Waals surface area contributed by atoms with Crippen LogP contribution in [0.5, 0.6) is 0 Å². The minimum absolute atomic E-state index is 0.0635. The Kier molecular flexibility index (Phi) is 4.33. The van der Waals surface area contributed by atoms with Crippen molar-refractivity contribution >= 4 is 11.9 Å². The molecule has 0 saturated carbocycles. The third-order valence-electron chi connectivity index (χ3n) is 2.22. The van der Waals surface area contributed by atoms with Crippen LogP contribution in [-0.4, -0.2) is 36.1 Å². The predicted molar refractivity (Wildman–Crippen MR) is 64.8 cm³/mol. The number of nitrogens with one attached hydrogen (secondary N) is 1. The second-order valence-corrected chi connectivity index (χ2v) is 3.71. The van der Waals surface area contributed by atoms with E-state index in [2.05, 4.69) is 10.5 Å². The SMILES string of the molecule is CN(C)C(=O)NC(C(N)=NO)c1ccccc1. The van der Waals surface area contributed by atoms with Gasteiger partial charge in [0.25, 0.3) is 0 Å². The fourth-order valence-corrected chi connectivity index (χ4v) is 1.28. The van der Waals surface area contributed by atoms with Gasteiger partial charge in [0.1, 0.15) is 6.04 Å². The van der Waals surface area contributed by atoms with Crippen LogP contribution in [0.25, 0.3) is 0 Å². The number of urea groups is 1. The quantitative estimate of drug-likeness (QED) is 0.313. The normalized spacial score (nSPS) is 12.9. The third-order valence-corrected chi connectivity index (χ3v) is 2.22. The summed E-state index contributed by atoms with van der Waals surface area (Å²) in [6, 6.07) is 8.10. The van der Waals surface area contributed by atoms with Crippen LogP contribution >= 0.6 is 0 Å². The van der Waals surface area contributed by atoms with Gasteiger partial charge in [-0.3, -0.25) is 0 Å². The molecule has 1 aromatic carbocycles. The van der Waals surface area contributed by atoms with Gasteiger partial charge in [-0.2, -0.15) is 0 Å². The molecular formula is C11H16N4O2. The summed E-state index contributed by atoms with van der Waals surface area (Å²) in [4.78, 5) is 12.9. The van der Waals surface area contributed by atoms with Gasteiger partial charge in [-0.15, -0.1) is 0 Å². The van der Waals surface area contributed by atoms with E-state index in [1.165, 1.54) is 4.90 Å². The molecule has 1 unspecified atom stereocenters. The zero-order chi connectivity index (χ0) is 12.8. The van der Waals surface area contributed by atoms with Crippen molar-refractivity contribution in [2.75, 3.05) is 14.1 Å². The highest BCUT2D eigenvalue weighted by molar-refractivity contribution is 5.90. The minimum atomic E-state index is -0.643. The first kappa shape index (κ1) is 12.8. The second kappa shape index (κ2) is 5.74. The van der Waals surface area contributed by atoms with Gasteiger partial charge in [0.05, 0.1) is 0 Å². The maximum atomic E-state index is 11.6. The van der Waals surface area contributed by atoms with Crippen LogP contribution in [-0.2, 0) is 0 Å². The smallest absolute Gasteiger partial charge is 0.317 e. The number of rotatable bonds is 3. The molecule has 0 aliphatic carbocycles. The van der Waals surface area contributed by atoms with Crippen molar-refractivity contribution in [1.29, 1.82) is 0 Å². The molecule has 0 aromatic heterocycles. The van der Waals surface area contributed by atoms with Crippen LogP contribution in [0, 0.1) is 0 Å². The maximum absolute atomic E-state index is 11.6. The lowest BCUT2D eigenvalue weighted by atomic mass is 10.1. The van der Waals surface area contributed by atoms with Crippen molar-refractivity contribution in [1.82, 2.24) is 10.2 Å². The number of benzene rings is 1. The van der Waals surface area contributed by atoms with Gasteiger partial charge in [-0.05, 0) is 5.56 Å². The van der Waals surface area contributed by atoms with Gasteiger partial charge in [0, 0.05) is 14.1 Å². The first-order valence-corrected chi connectivity index (χ1v) is 5.06. The number of oxime groups is 1. The van der Waals surface area contributed by atoms with Crippen LogP contribution in [0.1, 0.15) is 11.6 Å². The van der Waals surface area contributed by atoms with Crippen LogP contribution in [0.2, 0.25) is 0 Å². The molecule has 1 rings (SSSR count). The lowest BCUT2D eigenvalue weighted by molar-refractivity contribution is 0.215. The Morgan fingerprint density at radius 3 is 2.47 bits per heavy atom. The molecule has 6 nitrogen and oxygen atoms in total. The second-order valence-electron chi connectivity index (χ2n) is 3.71. The van der Waals surface area contributed by atoms with Gasteiger partial charge < -0.3 is 21.2 Å². The first-order valence-electron chi connectivity index (χ1n) is 5.06.